The Bertz CT molecular complexity index is 1040. The summed E-state index contributed by atoms with van der Waals surface area (Å²) in [5.74, 6) is 0.567. The van der Waals surface area contributed by atoms with E-state index in [0.29, 0.717) is 12.3 Å². The van der Waals surface area contributed by atoms with E-state index in [1.54, 1.807) is 23.1 Å². The van der Waals surface area contributed by atoms with E-state index in [1.165, 1.54) is 21.4 Å². The van der Waals surface area contributed by atoms with Gasteiger partial charge in [-0.25, -0.2) is 4.98 Å². The standard InChI is InChI=1S/C24H30N4OS2/c1-17-4-7-20(8-5-17)30-16-22(29)25-10-11-27-12-14-28(15-13-27)24-26-23-19(3)18(2)6-9-21(23)31-24/h4-9H,10-16H2,1-3H3,(H,25,29). The third-order valence-corrected chi connectivity index (χ3v) is 7.95. The number of thiazole rings is 1. The number of piperazine rings is 1. The summed E-state index contributed by atoms with van der Waals surface area (Å²) in [5, 5.41) is 4.19. The molecule has 1 saturated heterocycles. The molecule has 1 amide bonds. The molecule has 0 radical (unpaired) electrons. The zero-order chi connectivity index (χ0) is 21.8. The molecule has 1 aliphatic rings. The molecule has 1 aromatic heterocycles. The van der Waals surface area contributed by atoms with Crippen LogP contribution in [0.15, 0.2) is 41.3 Å². The number of amides is 1. The highest BCUT2D eigenvalue weighted by molar-refractivity contribution is 8.00. The summed E-state index contributed by atoms with van der Waals surface area (Å²) >= 11 is 3.38. The maximum absolute atomic E-state index is 12.1. The molecule has 1 fully saturated rings. The van der Waals surface area contributed by atoms with Crippen molar-refractivity contribution in [2.45, 2.75) is 25.7 Å². The summed E-state index contributed by atoms with van der Waals surface area (Å²) in [7, 11) is 0. The van der Waals surface area contributed by atoms with Gasteiger partial charge >= 0.3 is 0 Å². The number of thioether (sulfide) groups is 1. The van der Waals surface area contributed by atoms with Gasteiger partial charge in [0.15, 0.2) is 5.13 Å². The Labute approximate surface area is 192 Å². The van der Waals surface area contributed by atoms with Crippen molar-refractivity contribution in [1.29, 1.82) is 0 Å². The van der Waals surface area contributed by atoms with E-state index in [2.05, 4.69) is 72.3 Å². The van der Waals surface area contributed by atoms with E-state index in [-0.39, 0.29) is 5.91 Å². The molecule has 5 nitrogen and oxygen atoms in total. The van der Waals surface area contributed by atoms with Crippen LogP contribution in [0, 0.1) is 20.8 Å². The van der Waals surface area contributed by atoms with Crippen LogP contribution >= 0.6 is 23.1 Å². The van der Waals surface area contributed by atoms with E-state index in [1.807, 2.05) is 0 Å². The van der Waals surface area contributed by atoms with Crippen molar-refractivity contribution in [3.05, 3.63) is 53.1 Å². The van der Waals surface area contributed by atoms with Gasteiger partial charge < -0.3 is 10.2 Å². The van der Waals surface area contributed by atoms with Crippen LogP contribution in [-0.4, -0.2) is 60.8 Å². The molecule has 0 atom stereocenters. The molecule has 3 aromatic rings. The van der Waals surface area contributed by atoms with Gasteiger partial charge in [-0.1, -0.05) is 35.1 Å². The molecular formula is C24H30N4OS2. The Morgan fingerprint density at radius 2 is 1.81 bits per heavy atom. The number of hydrogen-bond donors (Lipinski definition) is 1. The lowest BCUT2D eigenvalue weighted by molar-refractivity contribution is -0.118. The number of hydrogen-bond acceptors (Lipinski definition) is 6. The quantitative estimate of drug-likeness (QED) is 0.541. The first-order valence-corrected chi connectivity index (χ1v) is 12.6. The van der Waals surface area contributed by atoms with Gasteiger partial charge in [-0.05, 0) is 50.1 Å². The summed E-state index contributed by atoms with van der Waals surface area (Å²) in [5.41, 5.74) is 4.97. The molecule has 0 spiro atoms. The van der Waals surface area contributed by atoms with Gasteiger partial charge in [0, 0.05) is 44.2 Å². The Hall–Kier alpha value is -2.09. The third-order valence-electron chi connectivity index (χ3n) is 5.86. The minimum absolute atomic E-state index is 0.101. The van der Waals surface area contributed by atoms with Gasteiger partial charge in [0.2, 0.25) is 5.91 Å². The smallest absolute Gasteiger partial charge is 0.230 e. The Morgan fingerprint density at radius 1 is 1.06 bits per heavy atom. The van der Waals surface area contributed by atoms with Crippen molar-refractivity contribution in [3.8, 4) is 0 Å². The van der Waals surface area contributed by atoms with Crippen molar-refractivity contribution in [2.75, 3.05) is 49.9 Å². The number of aromatic nitrogens is 1. The average molecular weight is 455 g/mol. The lowest BCUT2D eigenvalue weighted by Crippen LogP contribution is -2.48. The van der Waals surface area contributed by atoms with Crippen LogP contribution in [0.1, 0.15) is 16.7 Å². The normalized spacial score (nSPS) is 14.9. The zero-order valence-electron chi connectivity index (χ0n) is 18.5. The first-order valence-electron chi connectivity index (χ1n) is 10.8. The third kappa shape index (κ3) is 5.59. The van der Waals surface area contributed by atoms with E-state index in [9.17, 15) is 4.79 Å². The molecule has 2 heterocycles. The second-order valence-corrected chi connectivity index (χ2v) is 10.2. The molecule has 1 N–H and O–H groups in total. The highest BCUT2D eigenvalue weighted by Crippen LogP contribution is 2.32. The summed E-state index contributed by atoms with van der Waals surface area (Å²) in [6.07, 6.45) is 0. The van der Waals surface area contributed by atoms with Gasteiger partial charge in [-0.3, -0.25) is 9.69 Å². The van der Waals surface area contributed by atoms with E-state index in [4.69, 9.17) is 4.98 Å². The monoisotopic (exact) mass is 454 g/mol. The molecule has 0 bridgehead atoms. The molecule has 4 rings (SSSR count). The first kappa shape index (κ1) is 22.1. The topological polar surface area (TPSA) is 48.5 Å². The molecule has 2 aromatic carbocycles. The maximum Gasteiger partial charge on any atom is 0.230 e. The molecule has 31 heavy (non-hydrogen) atoms. The van der Waals surface area contributed by atoms with Gasteiger partial charge in [0.25, 0.3) is 0 Å². The lowest BCUT2D eigenvalue weighted by atomic mass is 10.1. The molecule has 1 aliphatic heterocycles. The number of fused-ring (bicyclic) bond motifs is 1. The highest BCUT2D eigenvalue weighted by atomic mass is 32.2. The fourth-order valence-corrected chi connectivity index (χ4v) is 5.51. The Kier molecular flexibility index (Phi) is 7.15. The van der Waals surface area contributed by atoms with Gasteiger partial charge in [0.1, 0.15) is 0 Å². The number of rotatable bonds is 7. The SMILES string of the molecule is Cc1ccc(SCC(=O)NCCN2CCN(c3nc4c(C)c(C)ccc4s3)CC2)cc1. The van der Waals surface area contributed by atoms with Crippen molar-refractivity contribution in [2.24, 2.45) is 0 Å². The fraction of sp³-hybridized carbons (Fsp3) is 0.417. The number of nitrogens with zero attached hydrogens (tertiary/aromatic N) is 3. The lowest BCUT2D eigenvalue weighted by Gasteiger charge is -2.34. The van der Waals surface area contributed by atoms with Crippen LogP contribution in [-0.2, 0) is 4.79 Å². The number of carbonyl (C=O) groups is 1. The number of carbonyl (C=O) groups excluding carboxylic acids is 1. The average Bonchev–Trinajstić information content (AvgIpc) is 3.22. The van der Waals surface area contributed by atoms with Crippen LogP contribution in [0.5, 0.6) is 0 Å². The molecule has 0 aliphatic carbocycles. The van der Waals surface area contributed by atoms with Crippen molar-refractivity contribution < 1.29 is 4.79 Å². The molecule has 164 valence electrons. The van der Waals surface area contributed by atoms with E-state index < -0.39 is 0 Å². The van der Waals surface area contributed by atoms with E-state index in [0.717, 1.165) is 48.3 Å². The summed E-state index contributed by atoms with van der Waals surface area (Å²) in [6.45, 7) is 11.9. The molecule has 0 unspecified atom stereocenters. The summed E-state index contributed by atoms with van der Waals surface area (Å²) in [6, 6.07) is 12.7. The predicted molar refractivity (Wildman–Crippen MR) is 133 cm³/mol. The number of aryl methyl sites for hydroxylation is 3. The Balaban J connectivity index is 1.19. The van der Waals surface area contributed by atoms with Crippen LogP contribution < -0.4 is 10.2 Å². The van der Waals surface area contributed by atoms with Crippen molar-refractivity contribution in [1.82, 2.24) is 15.2 Å². The molecule has 0 saturated carbocycles. The molecular weight excluding hydrogens is 424 g/mol. The first-order chi connectivity index (χ1) is 15.0. The highest BCUT2D eigenvalue weighted by Gasteiger charge is 2.20. The van der Waals surface area contributed by atoms with Crippen LogP contribution in [0.3, 0.4) is 0 Å². The number of benzene rings is 2. The second kappa shape index (κ2) is 10.0. The minimum Gasteiger partial charge on any atom is -0.354 e. The predicted octanol–water partition coefficient (Wildman–Crippen LogP) is 4.25. The van der Waals surface area contributed by atoms with Gasteiger partial charge in [-0.15, -0.1) is 11.8 Å². The summed E-state index contributed by atoms with van der Waals surface area (Å²) in [4.78, 5) is 23.0. The molecule has 7 heteroatoms. The number of anilines is 1. The van der Waals surface area contributed by atoms with Gasteiger partial charge in [0.05, 0.1) is 16.0 Å². The fourth-order valence-electron chi connectivity index (χ4n) is 3.70. The Morgan fingerprint density at radius 3 is 2.55 bits per heavy atom. The van der Waals surface area contributed by atoms with Crippen LogP contribution in [0.4, 0.5) is 5.13 Å². The maximum atomic E-state index is 12.1. The summed E-state index contributed by atoms with van der Waals surface area (Å²) < 4.78 is 1.27. The van der Waals surface area contributed by atoms with Crippen molar-refractivity contribution >= 4 is 44.4 Å². The minimum atomic E-state index is 0.101. The zero-order valence-corrected chi connectivity index (χ0v) is 20.1. The van der Waals surface area contributed by atoms with Gasteiger partial charge in [-0.2, -0.15) is 0 Å². The van der Waals surface area contributed by atoms with E-state index >= 15 is 0 Å². The second-order valence-electron chi connectivity index (χ2n) is 8.13. The van der Waals surface area contributed by atoms with Crippen LogP contribution in [0.2, 0.25) is 0 Å². The van der Waals surface area contributed by atoms with Crippen LogP contribution in [0.25, 0.3) is 10.2 Å². The van der Waals surface area contributed by atoms with Crippen molar-refractivity contribution in [3.63, 3.8) is 0 Å². The number of nitrogens with one attached hydrogen (secondary N) is 1. The largest absolute Gasteiger partial charge is 0.354 e.